The van der Waals surface area contributed by atoms with Crippen molar-refractivity contribution in [2.75, 3.05) is 13.7 Å². The van der Waals surface area contributed by atoms with Gasteiger partial charge in [-0.1, -0.05) is 24.3 Å². The summed E-state index contributed by atoms with van der Waals surface area (Å²) in [6.45, 7) is 1.46. The van der Waals surface area contributed by atoms with Crippen molar-refractivity contribution in [3.63, 3.8) is 0 Å². The summed E-state index contributed by atoms with van der Waals surface area (Å²) in [7, 11) is 1.23. The first-order valence-corrected chi connectivity index (χ1v) is 10.0. The Morgan fingerprint density at radius 3 is 2.59 bits per heavy atom. The van der Waals surface area contributed by atoms with Gasteiger partial charge in [0.05, 0.1) is 24.3 Å². The van der Waals surface area contributed by atoms with E-state index in [1.807, 2.05) is 30.5 Å². The van der Waals surface area contributed by atoms with E-state index in [4.69, 9.17) is 0 Å². The number of hydrogen-bond donors (Lipinski definition) is 3. The number of fused-ring (bicyclic) bond motifs is 1. The topological polar surface area (TPSA) is 120 Å². The number of hydrogen-bond acceptors (Lipinski definition) is 6. The number of esters is 1. The number of aliphatic hydroxyl groups excluding tert-OH is 1. The smallest absolute Gasteiger partial charge is 0.337 e. The quantitative estimate of drug-likeness (QED) is 0.513. The maximum Gasteiger partial charge on any atom is 0.337 e. The van der Waals surface area contributed by atoms with E-state index in [9.17, 15) is 24.6 Å². The summed E-state index contributed by atoms with van der Waals surface area (Å²) < 4.78 is 4.67. The number of ether oxygens (including phenoxy) is 1. The average molecular weight is 434 g/mol. The zero-order valence-electron chi connectivity index (χ0n) is 17.6. The maximum absolute atomic E-state index is 12.9. The summed E-state index contributed by atoms with van der Waals surface area (Å²) in [4.78, 5) is 41.5. The third kappa shape index (κ3) is 3.49. The SMILES string of the molecule is COC(=O)c1ccc(C2C(C(C)=O)=C(O)C(=O)N2CCc2c[nH]c3ccccc23)c(O)c1. The number of aromatic amines is 1. The number of methoxy groups -OCH3 is 1. The predicted octanol–water partition coefficient (Wildman–Crippen LogP) is 3.19. The van der Waals surface area contributed by atoms with Crippen molar-refractivity contribution < 1.29 is 29.3 Å². The van der Waals surface area contributed by atoms with Crippen molar-refractivity contribution in [3.8, 4) is 5.75 Å². The highest BCUT2D eigenvalue weighted by Gasteiger charge is 2.43. The van der Waals surface area contributed by atoms with Crippen molar-refractivity contribution in [2.24, 2.45) is 0 Å². The first kappa shape index (κ1) is 21.2. The third-order valence-electron chi connectivity index (χ3n) is 5.73. The first-order valence-electron chi connectivity index (χ1n) is 10.0. The van der Waals surface area contributed by atoms with Crippen LogP contribution in [-0.2, 0) is 20.7 Å². The number of aromatic nitrogens is 1. The number of aromatic hydroxyl groups is 1. The molecule has 8 heteroatoms. The zero-order chi connectivity index (χ0) is 23.0. The second-order valence-corrected chi connectivity index (χ2v) is 7.59. The number of aliphatic hydroxyl groups is 1. The van der Waals surface area contributed by atoms with E-state index >= 15 is 0 Å². The average Bonchev–Trinajstić information content (AvgIpc) is 3.30. The molecule has 3 N–H and O–H groups in total. The van der Waals surface area contributed by atoms with Crippen molar-refractivity contribution in [1.29, 1.82) is 0 Å². The van der Waals surface area contributed by atoms with Crippen LogP contribution in [-0.4, -0.2) is 51.4 Å². The van der Waals surface area contributed by atoms with Gasteiger partial charge in [-0.15, -0.1) is 0 Å². The number of phenolic OH excluding ortho intramolecular Hbond substituents is 1. The number of rotatable bonds is 6. The van der Waals surface area contributed by atoms with Crippen molar-refractivity contribution in [2.45, 2.75) is 19.4 Å². The van der Waals surface area contributed by atoms with Gasteiger partial charge in [0.1, 0.15) is 5.75 Å². The molecule has 1 aliphatic rings. The molecule has 0 aliphatic carbocycles. The fourth-order valence-corrected chi connectivity index (χ4v) is 4.17. The third-order valence-corrected chi connectivity index (χ3v) is 5.73. The number of ketones is 1. The van der Waals surface area contributed by atoms with Crippen LogP contribution in [0.25, 0.3) is 10.9 Å². The summed E-state index contributed by atoms with van der Waals surface area (Å²) in [5.41, 5.74) is 2.22. The van der Waals surface area contributed by atoms with Gasteiger partial charge in [-0.2, -0.15) is 0 Å². The Hall–Kier alpha value is -4.07. The Labute approximate surface area is 183 Å². The number of benzene rings is 2. The lowest BCUT2D eigenvalue weighted by Crippen LogP contribution is -2.33. The molecule has 32 heavy (non-hydrogen) atoms. The van der Waals surface area contributed by atoms with Gasteiger partial charge < -0.3 is 24.8 Å². The molecule has 1 unspecified atom stereocenters. The highest BCUT2D eigenvalue weighted by molar-refractivity contribution is 6.08. The number of carbonyl (C=O) groups is 3. The van der Waals surface area contributed by atoms with Gasteiger partial charge in [0.2, 0.25) is 0 Å². The maximum atomic E-state index is 12.9. The standard InChI is InChI=1S/C24H22N2O6/c1-13(27)20-21(17-8-7-14(11-19(17)28)24(31)32-2)26(23(30)22(20)29)10-9-15-12-25-18-6-4-3-5-16(15)18/h3-8,11-12,21,25,28-29H,9-10H2,1-2H3. The lowest BCUT2D eigenvalue weighted by molar-refractivity contribution is -0.129. The van der Waals surface area contributed by atoms with E-state index in [-0.39, 0.29) is 29.0 Å². The molecule has 2 heterocycles. The van der Waals surface area contributed by atoms with Crippen molar-refractivity contribution >= 4 is 28.6 Å². The highest BCUT2D eigenvalue weighted by atomic mass is 16.5. The summed E-state index contributed by atoms with van der Waals surface area (Å²) >= 11 is 0. The lowest BCUT2D eigenvalue weighted by Gasteiger charge is -2.27. The molecule has 0 radical (unpaired) electrons. The molecule has 164 valence electrons. The Morgan fingerprint density at radius 2 is 1.91 bits per heavy atom. The number of Topliss-reactive ketones (excluding diaryl/α,β-unsaturated/α-hetero) is 1. The Balaban J connectivity index is 1.70. The van der Waals surface area contributed by atoms with E-state index in [1.54, 1.807) is 0 Å². The lowest BCUT2D eigenvalue weighted by atomic mass is 9.94. The van der Waals surface area contributed by atoms with E-state index in [2.05, 4.69) is 9.72 Å². The highest BCUT2D eigenvalue weighted by Crippen LogP contribution is 2.41. The Morgan fingerprint density at radius 1 is 1.16 bits per heavy atom. The number of nitrogens with zero attached hydrogens (tertiary/aromatic N) is 1. The van der Waals surface area contributed by atoms with Gasteiger partial charge in [0.15, 0.2) is 11.5 Å². The molecular formula is C24H22N2O6. The number of carbonyl (C=O) groups excluding carboxylic acids is 3. The summed E-state index contributed by atoms with van der Waals surface area (Å²) in [6, 6.07) is 10.9. The normalized spacial score (nSPS) is 16.1. The fraction of sp³-hybridized carbons (Fsp3) is 0.208. The molecule has 0 saturated heterocycles. The molecule has 2 aromatic carbocycles. The summed E-state index contributed by atoms with van der Waals surface area (Å²) in [6.07, 6.45) is 2.33. The van der Waals surface area contributed by atoms with Crippen LogP contribution in [0.15, 0.2) is 60.0 Å². The first-order chi connectivity index (χ1) is 15.3. The van der Waals surface area contributed by atoms with Gasteiger partial charge in [-0.3, -0.25) is 9.59 Å². The molecule has 0 spiro atoms. The fourth-order valence-electron chi connectivity index (χ4n) is 4.17. The van der Waals surface area contributed by atoms with E-state index < -0.39 is 29.5 Å². The van der Waals surface area contributed by atoms with Crippen LogP contribution in [0.5, 0.6) is 5.75 Å². The van der Waals surface area contributed by atoms with Gasteiger partial charge in [-0.05, 0) is 37.1 Å². The number of nitrogens with one attached hydrogen (secondary N) is 1. The van der Waals surface area contributed by atoms with Gasteiger partial charge in [-0.25, -0.2) is 4.79 Å². The van der Waals surface area contributed by atoms with Crippen LogP contribution in [0, 0.1) is 0 Å². The molecular weight excluding hydrogens is 412 g/mol. The monoisotopic (exact) mass is 434 g/mol. The summed E-state index contributed by atoms with van der Waals surface area (Å²) in [5.74, 6) is -2.70. The molecule has 4 rings (SSSR count). The minimum atomic E-state index is -0.975. The van der Waals surface area contributed by atoms with Crippen LogP contribution < -0.4 is 0 Å². The van der Waals surface area contributed by atoms with E-state index in [1.165, 1.54) is 37.1 Å². The molecule has 0 fully saturated rings. The second kappa shape index (κ2) is 8.22. The molecule has 1 aromatic heterocycles. The largest absolute Gasteiger partial charge is 0.508 e. The molecule has 0 bridgehead atoms. The van der Waals surface area contributed by atoms with Crippen LogP contribution in [0.1, 0.15) is 34.5 Å². The number of amides is 1. The Kier molecular flexibility index (Phi) is 5.44. The van der Waals surface area contributed by atoms with Gasteiger partial charge in [0.25, 0.3) is 5.91 Å². The molecule has 1 amide bonds. The van der Waals surface area contributed by atoms with Crippen LogP contribution >= 0.6 is 0 Å². The van der Waals surface area contributed by atoms with E-state index in [0.717, 1.165) is 16.5 Å². The van der Waals surface area contributed by atoms with Crippen LogP contribution in [0.4, 0.5) is 0 Å². The van der Waals surface area contributed by atoms with Crippen molar-refractivity contribution in [1.82, 2.24) is 9.88 Å². The number of phenols is 1. The number of para-hydroxylation sites is 1. The second-order valence-electron chi connectivity index (χ2n) is 7.59. The van der Waals surface area contributed by atoms with Crippen LogP contribution in [0.3, 0.4) is 0 Å². The molecule has 8 nitrogen and oxygen atoms in total. The molecule has 3 aromatic rings. The van der Waals surface area contributed by atoms with Gasteiger partial charge in [0, 0.05) is 29.2 Å². The van der Waals surface area contributed by atoms with Crippen molar-refractivity contribution in [3.05, 3.63) is 76.7 Å². The van der Waals surface area contributed by atoms with E-state index in [0.29, 0.717) is 6.42 Å². The number of H-pyrrole nitrogens is 1. The summed E-state index contributed by atoms with van der Waals surface area (Å²) in [5, 5.41) is 22.1. The zero-order valence-corrected chi connectivity index (χ0v) is 17.6. The Bertz CT molecular complexity index is 1270. The molecule has 1 atom stereocenters. The van der Waals surface area contributed by atoms with Gasteiger partial charge >= 0.3 is 5.97 Å². The minimum Gasteiger partial charge on any atom is -0.508 e. The molecule has 0 saturated carbocycles. The van der Waals surface area contributed by atoms with Crippen LogP contribution in [0.2, 0.25) is 0 Å². The molecule has 1 aliphatic heterocycles. The predicted molar refractivity (Wildman–Crippen MR) is 116 cm³/mol. The minimum absolute atomic E-state index is 0.0879.